The second-order valence-corrected chi connectivity index (χ2v) is 7.43. The van der Waals surface area contributed by atoms with E-state index in [-0.39, 0.29) is 36.8 Å². The van der Waals surface area contributed by atoms with Crippen LogP contribution in [0.15, 0.2) is 36.5 Å². The number of piperidine rings is 1. The molecule has 0 saturated carbocycles. The van der Waals surface area contributed by atoms with Crippen LogP contribution in [-0.2, 0) is 0 Å². The Labute approximate surface area is 189 Å². The predicted molar refractivity (Wildman–Crippen MR) is 123 cm³/mol. The molecule has 0 bridgehead atoms. The van der Waals surface area contributed by atoms with Crippen molar-refractivity contribution < 1.29 is 9.90 Å². The summed E-state index contributed by atoms with van der Waals surface area (Å²) in [6.45, 7) is 4.89. The summed E-state index contributed by atoms with van der Waals surface area (Å²) in [5.74, 6) is 1.55. The lowest BCUT2D eigenvalue weighted by Crippen LogP contribution is -2.36. The molecule has 30 heavy (non-hydrogen) atoms. The van der Waals surface area contributed by atoms with Crippen molar-refractivity contribution in [3.05, 3.63) is 42.1 Å². The Morgan fingerprint density at radius 1 is 1.07 bits per heavy atom. The maximum atomic E-state index is 12.9. The molecule has 0 radical (unpaired) electrons. The Bertz CT molecular complexity index is 823. The molecule has 2 aromatic rings. The molecule has 164 valence electrons. The van der Waals surface area contributed by atoms with Crippen LogP contribution in [0.4, 0.5) is 5.82 Å². The SMILES string of the molecule is Cl.Cl.O=C(c1cccc(-c2nccc(N3CCC(O)CC3)n2)c1)N1CCCNCC1. The van der Waals surface area contributed by atoms with Crippen LogP contribution < -0.4 is 10.2 Å². The van der Waals surface area contributed by atoms with Crippen molar-refractivity contribution in [1.29, 1.82) is 0 Å². The lowest BCUT2D eigenvalue weighted by molar-refractivity contribution is 0.0766. The van der Waals surface area contributed by atoms with Gasteiger partial charge in [-0.2, -0.15) is 0 Å². The van der Waals surface area contributed by atoms with Gasteiger partial charge in [0.15, 0.2) is 5.82 Å². The molecule has 1 aromatic heterocycles. The molecule has 7 nitrogen and oxygen atoms in total. The van der Waals surface area contributed by atoms with E-state index >= 15 is 0 Å². The number of hydrogen-bond acceptors (Lipinski definition) is 6. The second-order valence-electron chi connectivity index (χ2n) is 7.43. The highest BCUT2D eigenvalue weighted by molar-refractivity contribution is 5.95. The number of carbonyl (C=O) groups excluding carboxylic acids is 1. The minimum atomic E-state index is -0.213. The normalized spacial score (nSPS) is 17.5. The molecule has 0 unspecified atom stereocenters. The number of hydrogen-bond donors (Lipinski definition) is 2. The van der Waals surface area contributed by atoms with Crippen LogP contribution in [0.1, 0.15) is 29.6 Å². The highest BCUT2D eigenvalue weighted by Crippen LogP contribution is 2.22. The molecule has 2 aliphatic heterocycles. The topological polar surface area (TPSA) is 81.6 Å². The number of nitrogens with zero attached hydrogens (tertiary/aromatic N) is 4. The van der Waals surface area contributed by atoms with Crippen LogP contribution >= 0.6 is 24.8 Å². The van der Waals surface area contributed by atoms with Crippen molar-refractivity contribution in [3.63, 3.8) is 0 Å². The monoisotopic (exact) mass is 453 g/mol. The fourth-order valence-corrected chi connectivity index (χ4v) is 3.78. The molecule has 1 amide bonds. The summed E-state index contributed by atoms with van der Waals surface area (Å²) >= 11 is 0. The number of amides is 1. The lowest BCUT2D eigenvalue weighted by Gasteiger charge is -2.30. The molecule has 1 aromatic carbocycles. The van der Waals surface area contributed by atoms with Crippen molar-refractivity contribution in [3.8, 4) is 11.4 Å². The smallest absolute Gasteiger partial charge is 0.253 e. The number of aliphatic hydroxyl groups excluding tert-OH is 1. The van der Waals surface area contributed by atoms with Crippen molar-refractivity contribution in [2.75, 3.05) is 44.2 Å². The van der Waals surface area contributed by atoms with Crippen molar-refractivity contribution >= 4 is 36.5 Å². The van der Waals surface area contributed by atoms with Gasteiger partial charge >= 0.3 is 0 Å². The van der Waals surface area contributed by atoms with Crippen LogP contribution in [0.5, 0.6) is 0 Å². The summed E-state index contributed by atoms with van der Waals surface area (Å²) in [5, 5.41) is 13.0. The van der Waals surface area contributed by atoms with Crippen LogP contribution in [-0.4, -0.2) is 71.3 Å². The molecule has 0 atom stereocenters. The first-order valence-electron chi connectivity index (χ1n) is 10.1. The Morgan fingerprint density at radius 2 is 1.87 bits per heavy atom. The first kappa shape index (κ1) is 24.3. The fraction of sp³-hybridized carbons (Fsp3) is 0.476. The van der Waals surface area contributed by atoms with Crippen LogP contribution in [0.25, 0.3) is 11.4 Å². The summed E-state index contributed by atoms with van der Waals surface area (Å²) in [5.41, 5.74) is 1.52. The van der Waals surface area contributed by atoms with Crippen LogP contribution in [0.3, 0.4) is 0 Å². The number of anilines is 1. The quantitative estimate of drug-likeness (QED) is 0.742. The molecule has 4 rings (SSSR count). The third-order valence-electron chi connectivity index (χ3n) is 5.42. The zero-order chi connectivity index (χ0) is 19.3. The standard InChI is InChI=1S/C21H27N5O2.2ClH/c27-18-6-12-25(13-7-18)19-5-9-23-20(24-19)16-3-1-4-17(15-16)21(28)26-11-2-8-22-10-14-26;;/h1,3-5,9,15,18,22,27H,2,6-8,10-14H2;2*1H. The van der Waals surface area contributed by atoms with Crippen molar-refractivity contribution in [1.82, 2.24) is 20.2 Å². The lowest BCUT2D eigenvalue weighted by atomic mass is 10.1. The van der Waals surface area contributed by atoms with Gasteiger partial charge in [0.25, 0.3) is 5.91 Å². The van der Waals surface area contributed by atoms with Crippen molar-refractivity contribution in [2.24, 2.45) is 0 Å². The number of halogens is 2. The summed E-state index contributed by atoms with van der Waals surface area (Å²) in [7, 11) is 0. The predicted octanol–water partition coefficient (Wildman–Crippen LogP) is 2.38. The minimum absolute atomic E-state index is 0. The second kappa shape index (κ2) is 11.5. The maximum absolute atomic E-state index is 12.9. The molecule has 2 saturated heterocycles. The van der Waals surface area contributed by atoms with Crippen LogP contribution in [0, 0.1) is 0 Å². The zero-order valence-electron chi connectivity index (χ0n) is 16.9. The number of aromatic nitrogens is 2. The number of rotatable bonds is 3. The van der Waals surface area contributed by atoms with E-state index in [0.717, 1.165) is 69.9 Å². The molecule has 2 aliphatic rings. The molecule has 9 heteroatoms. The average molecular weight is 454 g/mol. The van der Waals surface area contributed by atoms with Gasteiger partial charge in [0.2, 0.25) is 0 Å². The summed E-state index contributed by atoms with van der Waals surface area (Å²) in [6.07, 6.45) is 4.04. The summed E-state index contributed by atoms with van der Waals surface area (Å²) < 4.78 is 0. The van der Waals surface area contributed by atoms with E-state index in [1.54, 1.807) is 6.20 Å². The van der Waals surface area contributed by atoms with E-state index in [1.165, 1.54) is 0 Å². The van der Waals surface area contributed by atoms with Gasteiger partial charge in [-0.1, -0.05) is 12.1 Å². The van der Waals surface area contributed by atoms with Gasteiger partial charge in [0, 0.05) is 50.0 Å². The van der Waals surface area contributed by atoms with E-state index in [4.69, 9.17) is 4.98 Å². The Hall–Kier alpha value is -1.93. The third-order valence-corrected chi connectivity index (χ3v) is 5.42. The first-order valence-corrected chi connectivity index (χ1v) is 10.1. The van der Waals surface area contributed by atoms with Crippen LogP contribution in [0.2, 0.25) is 0 Å². The Balaban J connectivity index is 0.00000160. The minimum Gasteiger partial charge on any atom is -0.393 e. The maximum Gasteiger partial charge on any atom is 0.253 e. The largest absolute Gasteiger partial charge is 0.393 e. The molecule has 2 fully saturated rings. The third kappa shape index (κ3) is 5.82. The van der Waals surface area contributed by atoms with Gasteiger partial charge in [-0.25, -0.2) is 9.97 Å². The Morgan fingerprint density at radius 3 is 2.67 bits per heavy atom. The highest BCUT2D eigenvalue weighted by atomic mass is 35.5. The highest BCUT2D eigenvalue weighted by Gasteiger charge is 2.20. The fourth-order valence-electron chi connectivity index (χ4n) is 3.78. The molecule has 0 spiro atoms. The number of carbonyl (C=O) groups is 1. The van der Waals surface area contributed by atoms with E-state index in [9.17, 15) is 9.90 Å². The van der Waals surface area contributed by atoms with Gasteiger partial charge < -0.3 is 20.2 Å². The van der Waals surface area contributed by atoms with Gasteiger partial charge in [-0.3, -0.25) is 4.79 Å². The van der Waals surface area contributed by atoms with E-state index in [1.807, 2.05) is 35.2 Å². The van der Waals surface area contributed by atoms with Gasteiger partial charge in [0.1, 0.15) is 5.82 Å². The number of nitrogens with one attached hydrogen (secondary N) is 1. The summed E-state index contributed by atoms with van der Waals surface area (Å²) in [4.78, 5) is 26.1. The first-order chi connectivity index (χ1) is 13.7. The van der Waals surface area contributed by atoms with E-state index < -0.39 is 0 Å². The molecule has 2 N–H and O–H groups in total. The van der Waals surface area contributed by atoms with Crippen molar-refractivity contribution in [2.45, 2.75) is 25.4 Å². The number of benzene rings is 1. The van der Waals surface area contributed by atoms with E-state index in [2.05, 4.69) is 15.2 Å². The Kier molecular flexibility index (Phi) is 9.30. The van der Waals surface area contributed by atoms with E-state index in [0.29, 0.717) is 11.4 Å². The molecule has 3 heterocycles. The zero-order valence-corrected chi connectivity index (χ0v) is 18.5. The van der Waals surface area contributed by atoms with Gasteiger partial charge in [-0.05, 0) is 44.0 Å². The molecule has 0 aliphatic carbocycles. The molecular weight excluding hydrogens is 425 g/mol. The average Bonchev–Trinajstić information content (AvgIpc) is 3.03. The van der Waals surface area contributed by atoms with Gasteiger partial charge in [0.05, 0.1) is 6.10 Å². The molecular formula is C21H29Cl2N5O2. The number of aliphatic hydroxyl groups is 1. The summed E-state index contributed by atoms with van der Waals surface area (Å²) in [6, 6.07) is 9.49. The van der Waals surface area contributed by atoms with Gasteiger partial charge in [-0.15, -0.1) is 24.8 Å².